The van der Waals surface area contributed by atoms with E-state index < -0.39 is 0 Å². The van der Waals surface area contributed by atoms with E-state index in [0.717, 1.165) is 31.2 Å². The van der Waals surface area contributed by atoms with Gasteiger partial charge in [-0.05, 0) is 31.0 Å². The van der Waals surface area contributed by atoms with Crippen LogP contribution in [0.4, 0.5) is 5.69 Å². The first kappa shape index (κ1) is 14.6. The van der Waals surface area contributed by atoms with E-state index in [1.807, 2.05) is 31.2 Å². The first-order chi connectivity index (χ1) is 8.69. The van der Waals surface area contributed by atoms with Crippen molar-refractivity contribution >= 4 is 11.7 Å². The Hall–Kier alpha value is -1.51. The number of carbonyl (C=O) groups excluding carboxylic acids is 1. The summed E-state index contributed by atoms with van der Waals surface area (Å²) in [7, 11) is 0. The SMILES string of the molecule is CCCCC[C@@H](C(=O)OCC)c1cccc(N)c1. The average molecular weight is 249 g/mol. The first-order valence-corrected chi connectivity index (χ1v) is 6.71. The Kier molecular flexibility index (Phi) is 6.26. The van der Waals surface area contributed by atoms with E-state index in [1.54, 1.807) is 0 Å². The number of hydrogen-bond donors (Lipinski definition) is 1. The summed E-state index contributed by atoms with van der Waals surface area (Å²) in [6.45, 7) is 4.41. The van der Waals surface area contributed by atoms with Crippen molar-refractivity contribution in [2.45, 2.75) is 45.4 Å². The van der Waals surface area contributed by atoms with Crippen molar-refractivity contribution < 1.29 is 9.53 Å². The van der Waals surface area contributed by atoms with Gasteiger partial charge in [-0.25, -0.2) is 0 Å². The summed E-state index contributed by atoms with van der Waals surface area (Å²) < 4.78 is 5.15. The highest BCUT2D eigenvalue weighted by atomic mass is 16.5. The van der Waals surface area contributed by atoms with Crippen LogP contribution in [0.1, 0.15) is 51.0 Å². The molecule has 18 heavy (non-hydrogen) atoms. The molecule has 3 nitrogen and oxygen atoms in total. The minimum Gasteiger partial charge on any atom is -0.466 e. The van der Waals surface area contributed by atoms with E-state index >= 15 is 0 Å². The maximum absolute atomic E-state index is 12.0. The highest BCUT2D eigenvalue weighted by Crippen LogP contribution is 2.25. The van der Waals surface area contributed by atoms with Crippen LogP contribution in [0.25, 0.3) is 0 Å². The largest absolute Gasteiger partial charge is 0.466 e. The summed E-state index contributed by atoms with van der Waals surface area (Å²) in [6, 6.07) is 7.53. The molecule has 0 aliphatic carbocycles. The van der Waals surface area contributed by atoms with Crippen molar-refractivity contribution in [2.75, 3.05) is 12.3 Å². The Balaban J connectivity index is 2.78. The number of anilines is 1. The van der Waals surface area contributed by atoms with E-state index in [0.29, 0.717) is 12.3 Å². The van der Waals surface area contributed by atoms with Crippen molar-refractivity contribution in [1.29, 1.82) is 0 Å². The number of nitrogens with two attached hydrogens (primary N) is 1. The van der Waals surface area contributed by atoms with E-state index in [4.69, 9.17) is 10.5 Å². The van der Waals surface area contributed by atoms with Gasteiger partial charge in [0, 0.05) is 5.69 Å². The highest BCUT2D eigenvalue weighted by Gasteiger charge is 2.21. The fraction of sp³-hybridized carbons (Fsp3) is 0.533. The molecular formula is C15H23NO2. The van der Waals surface area contributed by atoms with Gasteiger partial charge in [0.25, 0.3) is 0 Å². The van der Waals surface area contributed by atoms with Gasteiger partial charge in [-0.15, -0.1) is 0 Å². The normalized spacial score (nSPS) is 12.1. The minimum atomic E-state index is -0.181. The third-order valence-electron chi connectivity index (χ3n) is 2.98. The van der Waals surface area contributed by atoms with Crippen LogP contribution in [0.3, 0.4) is 0 Å². The van der Waals surface area contributed by atoms with Crippen LogP contribution in [0.15, 0.2) is 24.3 Å². The predicted molar refractivity (Wildman–Crippen MR) is 74.4 cm³/mol. The van der Waals surface area contributed by atoms with E-state index in [-0.39, 0.29) is 11.9 Å². The monoisotopic (exact) mass is 249 g/mol. The highest BCUT2D eigenvalue weighted by molar-refractivity contribution is 5.78. The number of esters is 1. The van der Waals surface area contributed by atoms with Gasteiger partial charge in [0.15, 0.2) is 0 Å². The fourth-order valence-electron chi connectivity index (χ4n) is 2.04. The van der Waals surface area contributed by atoms with Crippen molar-refractivity contribution in [3.8, 4) is 0 Å². The molecule has 1 atom stereocenters. The summed E-state index contributed by atoms with van der Waals surface area (Å²) in [5.74, 6) is -0.320. The Labute approximate surface area is 109 Å². The molecule has 0 bridgehead atoms. The van der Waals surface area contributed by atoms with Gasteiger partial charge in [0.1, 0.15) is 0 Å². The van der Waals surface area contributed by atoms with Crippen LogP contribution < -0.4 is 5.73 Å². The first-order valence-electron chi connectivity index (χ1n) is 6.71. The molecule has 1 aromatic carbocycles. The molecule has 100 valence electrons. The molecule has 0 aliphatic rings. The summed E-state index contributed by atoms with van der Waals surface area (Å²) >= 11 is 0. The van der Waals surface area contributed by atoms with Crippen LogP contribution >= 0.6 is 0 Å². The van der Waals surface area contributed by atoms with Crippen molar-refractivity contribution in [3.05, 3.63) is 29.8 Å². The van der Waals surface area contributed by atoms with Crippen LogP contribution in [-0.4, -0.2) is 12.6 Å². The molecule has 0 radical (unpaired) electrons. The lowest BCUT2D eigenvalue weighted by Gasteiger charge is -2.16. The Bertz CT molecular complexity index is 377. The Morgan fingerprint density at radius 1 is 1.33 bits per heavy atom. The van der Waals surface area contributed by atoms with E-state index in [2.05, 4.69) is 6.92 Å². The van der Waals surface area contributed by atoms with Gasteiger partial charge in [-0.1, -0.05) is 38.3 Å². The van der Waals surface area contributed by atoms with E-state index in [1.165, 1.54) is 0 Å². The quantitative estimate of drug-likeness (QED) is 0.457. The number of rotatable bonds is 7. The van der Waals surface area contributed by atoms with E-state index in [9.17, 15) is 4.79 Å². The van der Waals surface area contributed by atoms with Crippen LogP contribution in [0.2, 0.25) is 0 Å². The zero-order valence-electron chi connectivity index (χ0n) is 11.3. The molecule has 3 heteroatoms. The zero-order chi connectivity index (χ0) is 13.4. The van der Waals surface area contributed by atoms with Crippen molar-refractivity contribution in [1.82, 2.24) is 0 Å². The van der Waals surface area contributed by atoms with Gasteiger partial charge >= 0.3 is 5.97 Å². The van der Waals surface area contributed by atoms with Crippen molar-refractivity contribution in [3.63, 3.8) is 0 Å². The molecule has 0 saturated heterocycles. The standard InChI is InChI=1S/C15H23NO2/c1-3-5-6-10-14(15(17)18-4-2)12-8-7-9-13(16)11-12/h7-9,11,14H,3-6,10,16H2,1-2H3/t14-/m1/s1. The number of benzene rings is 1. The maximum atomic E-state index is 12.0. The number of hydrogen-bond acceptors (Lipinski definition) is 3. The second-order valence-electron chi connectivity index (χ2n) is 4.47. The molecule has 0 heterocycles. The molecule has 1 rings (SSSR count). The molecule has 1 aromatic rings. The minimum absolute atomic E-state index is 0.140. The van der Waals surface area contributed by atoms with Gasteiger partial charge in [-0.3, -0.25) is 4.79 Å². The maximum Gasteiger partial charge on any atom is 0.313 e. The van der Waals surface area contributed by atoms with Crippen LogP contribution in [-0.2, 0) is 9.53 Å². The lowest BCUT2D eigenvalue weighted by Crippen LogP contribution is -2.16. The fourth-order valence-corrected chi connectivity index (χ4v) is 2.04. The summed E-state index contributed by atoms with van der Waals surface area (Å²) in [5.41, 5.74) is 7.43. The molecule has 0 fully saturated rings. The zero-order valence-corrected chi connectivity index (χ0v) is 11.3. The molecule has 0 saturated carbocycles. The summed E-state index contributed by atoms with van der Waals surface area (Å²) in [5, 5.41) is 0. The van der Waals surface area contributed by atoms with Gasteiger partial charge in [0.05, 0.1) is 12.5 Å². The topological polar surface area (TPSA) is 52.3 Å². The number of nitrogen functional groups attached to an aromatic ring is 1. The molecular weight excluding hydrogens is 226 g/mol. The molecule has 0 aromatic heterocycles. The lowest BCUT2D eigenvalue weighted by molar-refractivity contribution is -0.145. The van der Waals surface area contributed by atoms with Gasteiger partial charge < -0.3 is 10.5 Å². The summed E-state index contributed by atoms with van der Waals surface area (Å²) in [4.78, 5) is 12.0. The lowest BCUT2D eigenvalue weighted by atomic mass is 9.93. The van der Waals surface area contributed by atoms with Gasteiger partial charge in [0.2, 0.25) is 0 Å². The molecule has 0 unspecified atom stereocenters. The second kappa shape index (κ2) is 7.75. The average Bonchev–Trinajstić information content (AvgIpc) is 2.35. The number of unbranched alkanes of at least 4 members (excludes halogenated alkanes) is 2. The third kappa shape index (κ3) is 4.40. The molecule has 0 amide bonds. The molecule has 2 N–H and O–H groups in total. The summed E-state index contributed by atoms with van der Waals surface area (Å²) in [6.07, 6.45) is 4.15. The Morgan fingerprint density at radius 3 is 2.72 bits per heavy atom. The second-order valence-corrected chi connectivity index (χ2v) is 4.47. The molecule has 0 spiro atoms. The van der Waals surface area contributed by atoms with Crippen LogP contribution in [0, 0.1) is 0 Å². The number of carbonyl (C=O) groups is 1. The Morgan fingerprint density at radius 2 is 2.11 bits per heavy atom. The van der Waals surface area contributed by atoms with Crippen molar-refractivity contribution in [2.24, 2.45) is 0 Å². The molecule has 0 aliphatic heterocycles. The van der Waals surface area contributed by atoms with Gasteiger partial charge in [-0.2, -0.15) is 0 Å². The number of ether oxygens (including phenoxy) is 1. The predicted octanol–water partition coefficient (Wildman–Crippen LogP) is 3.50. The van der Waals surface area contributed by atoms with Crippen LogP contribution in [0.5, 0.6) is 0 Å². The third-order valence-corrected chi connectivity index (χ3v) is 2.98. The smallest absolute Gasteiger partial charge is 0.313 e.